The van der Waals surface area contributed by atoms with Crippen molar-refractivity contribution in [3.8, 4) is 5.75 Å². The van der Waals surface area contributed by atoms with Crippen LogP contribution in [0.25, 0.3) is 0 Å². The smallest absolute Gasteiger partial charge is 0.238 e. The second kappa shape index (κ2) is 11.1. The maximum Gasteiger partial charge on any atom is 0.238 e. The average Bonchev–Trinajstić information content (AvgIpc) is 2.66. The number of nitrogens with zero attached hydrogens (tertiary/aromatic N) is 1. The average molecular weight is 390 g/mol. The van der Waals surface area contributed by atoms with Gasteiger partial charge in [0.15, 0.2) is 0 Å². The Bertz CT molecular complexity index is 650. The first kappa shape index (κ1) is 22.2. The standard InChI is InChI=1S/C22H35N3O3/c1-5-13-25(14-21(26)23-18-11-8-9-16(2)17(18)3)15-22(27)24-19-10-6-7-12-20(19)28-4/h6-7,10,12,16-18H,5,8-9,11,13-15H2,1-4H3,(H,23,26)(H,24,27). The zero-order valence-corrected chi connectivity index (χ0v) is 17.7. The number of para-hydroxylation sites is 2. The fourth-order valence-electron chi connectivity index (χ4n) is 3.91. The maximum atomic E-state index is 12.6. The fourth-order valence-corrected chi connectivity index (χ4v) is 3.91. The van der Waals surface area contributed by atoms with Gasteiger partial charge in [0, 0.05) is 6.04 Å². The van der Waals surface area contributed by atoms with Gasteiger partial charge >= 0.3 is 0 Å². The van der Waals surface area contributed by atoms with Crippen LogP contribution in [0.1, 0.15) is 46.5 Å². The van der Waals surface area contributed by atoms with Crippen LogP contribution < -0.4 is 15.4 Å². The molecule has 0 bridgehead atoms. The van der Waals surface area contributed by atoms with Crippen LogP contribution in [0.15, 0.2) is 24.3 Å². The Morgan fingerprint density at radius 1 is 1.14 bits per heavy atom. The van der Waals surface area contributed by atoms with E-state index in [1.165, 1.54) is 6.42 Å². The van der Waals surface area contributed by atoms with E-state index in [0.717, 1.165) is 19.3 Å². The van der Waals surface area contributed by atoms with Gasteiger partial charge in [-0.2, -0.15) is 0 Å². The molecule has 1 aliphatic carbocycles. The minimum absolute atomic E-state index is 0.00416. The van der Waals surface area contributed by atoms with E-state index in [4.69, 9.17) is 4.74 Å². The molecule has 0 spiro atoms. The number of ether oxygens (including phenoxy) is 1. The highest BCUT2D eigenvalue weighted by atomic mass is 16.5. The molecule has 3 unspecified atom stereocenters. The molecule has 28 heavy (non-hydrogen) atoms. The first-order valence-electron chi connectivity index (χ1n) is 10.4. The molecule has 0 aromatic heterocycles. The highest BCUT2D eigenvalue weighted by Crippen LogP contribution is 2.29. The Morgan fingerprint density at radius 3 is 2.57 bits per heavy atom. The summed E-state index contributed by atoms with van der Waals surface area (Å²) in [4.78, 5) is 27.0. The highest BCUT2D eigenvalue weighted by molar-refractivity contribution is 5.94. The van der Waals surface area contributed by atoms with Crippen LogP contribution in [0.4, 0.5) is 5.69 Å². The first-order valence-corrected chi connectivity index (χ1v) is 10.4. The van der Waals surface area contributed by atoms with Crippen molar-refractivity contribution in [1.29, 1.82) is 0 Å². The number of rotatable bonds is 9. The van der Waals surface area contributed by atoms with E-state index in [1.54, 1.807) is 19.2 Å². The topological polar surface area (TPSA) is 70.7 Å². The zero-order chi connectivity index (χ0) is 20.5. The van der Waals surface area contributed by atoms with Gasteiger partial charge < -0.3 is 15.4 Å². The van der Waals surface area contributed by atoms with Gasteiger partial charge in [0.05, 0.1) is 25.9 Å². The molecule has 0 heterocycles. The zero-order valence-electron chi connectivity index (χ0n) is 17.7. The third-order valence-corrected chi connectivity index (χ3v) is 5.71. The second-order valence-corrected chi connectivity index (χ2v) is 7.90. The Kier molecular flexibility index (Phi) is 8.77. The molecular formula is C22H35N3O3. The summed E-state index contributed by atoms with van der Waals surface area (Å²) >= 11 is 0. The molecule has 2 amide bonds. The van der Waals surface area contributed by atoms with Crippen molar-refractivity contribution in [2.45, 2.75) is 52.5 Å². The number of carbonyl (C=O) groups excluding carboxylic acids is 2. The van der Waals surface area contributed by atoms with Crippen molar-refractivity contribution in [2.75, 3.05) is 32.1 Å². The van der Waals surface area contributed by atoms with Crippen LogP contribution in [-0.4, -0.2) is 49.5 Å². The van der Waals surface area contributed by atoms with E-state index in [2.05, 4.69) is 24.5 Å². The summed E-state index contributed by atoms with van der Waals surface area (Å²) in [6.45, 7) is 7.64. The number of nitrogens with one attached hydrogen (secondary N) is 2. The van der Waals surface area contributed by atoms with Gasteiger partial charge in [-0.1, -0.05) is 45.7 Å². The Labute approximate surface area is 169 Å². The van der Waals surface area contributed by atoms with Gasteiger partial charge in [0.2, 0.25) is 11.8 Å². The van der Waals surface area contributed by atoms with Crippen molar-refractivity contribution in [2.24, 2.45) is 11.8 Å². The summed E-state index contributed by atoms with van der Waals surface area (Å²) in [5.74, 6) is 1.61. The highest BCUT2D eigenvalue weighted by Gasteiger charge is 2.28. The van der Waals surface area contributed by atoms with Gasteiger partial charge in [-0.3, -0.25) is 14.5 Å². The summed E-state index contributed by atoms with van der Waals surface area (Å²) in [6.07, 6.45) is 4.32. The molecule has 0 radical (unpaired) electrons. The lowest BCUT2D eigenvalue weighted by atomic mass is 9.78. The molecule has 1 aromatic rings. The lowest BCUT2D eigenvalue weighted by Gasteiger charge is -2.35. The predicted molar refractivity (Wildman–Crippen MR) is 112 cm³/mol. The Morgan fingerprint density at radius 2 is 1.86 bits per heavy atom. The molecule has 156 valence electrons. The third kappa shape index (κ3) is 6.51. The molecule has 1 aliphatic rings. The number of methoxy groups -OCH3 is 1. The second-order valence-electron chi connectivity index (χ2n) is 7.90. The van der Waals surface area contributed by atoms with Crippen molar-refractivity contribution in [1.82, 2.24) is 10.2 Å². The van der Waals surface area contributed by atoms with Crippen LogP contribution >= 0.6 is 0 Å². The number of hydrogen-bond donors (Lipinski definition) is 2. The number of carbonyl (C=O) groups is 2. The van der Waals surface area contributed by atoms with Crippen molar-refractivity contribution < 1.29 is 14.3 Å². The van der Waals surface area contributed by atoms with Crippen LogP contribution in [0.5, 0.6) is 5.75 Å². The molecule has 2 N–H and O–H groups in total. The summed E-state index contributed by atoms with van der Waals surface area (Å²) in [5, 5.41) is 6.08. The Hall–Kier alpha value is -2.08. The first-order chi connectivity index (χ1) is 13.4. The summed E-state index contributed by atoms with van der Waals surface area (Å²) < 4.78 is 5.27. The molecule has 1 fully saturated rings. The fraction of sp³-hybridized carbons (Fsp3) is 0.636. The maximum absolute atomic E-state index is 12.6. The molecule has 6 heteroatoms. The number of hydrogen-bond acceptors (Lipinski definition) is 4. The van der Waals surface area contributed by atoms with E-state index in [0.29, 0.717) is 29.8 Å². The van der Waals surface area contributed by atoms with Gasteiger partial charge in [0.25, 0.3) is 0 Å². The lowest BCUT2D eigenvalue weighted by Crippen LogP contribution is -2.48. The monoisotopic (exact) mass is 389 g/mol. The van der Waals surface area contributed by atoms with Gasteiger partial charge in [0.1, 0.15) is 5.75 Å². The van der Waals surface area contributed by atoms with E-state index in [1.807, 2.05) is 24.0 Å². The lowest BCUT2D eigenvalue weighted by molar-refractivity contribution is -0.124. The van der Waals surface area contributed by atoms with Crippen LogP contribution in [-0.2, 0) is 9.59 Å². The number of benzene rings is 1. The summed E-state index contributed by atoms with van der Waals surface area (Å²) in [6, 6.07) is 7.55. The number of anilines is 1. The van der Waals surface area contributed by atoms with Crippen LogP contribution in [0, 0.1) is 11.8 Å². The normalized spacial score (nSPS) is 22.0. The van der Waals surface area contributed by atoms with Crippen molar-refractivity contribution in [3.05, 3.63) is 24.3 Å². The predicted octanol–water partition coefficient (Wildman–Crippen LogP) is 3.29. The van der Waals surface area contributed by atoms with E-state index in [9.17, 15) is 9.59 Å². The molecule has 3 atom stereocenters. The van der Waals surface area contributed by atoms with Gasteiger partial charge in [-0.05, 0) is 43.4 Å². The van der Waals surface area contributed by atoms with E-state index >= 15 is 0 Å². The van der Waals surface area contributed by atoms with Gasteiger partial charge in [-0.25, -0.2) is 0 Å². The summed E-state index contributed by atoms with van der Waals surface area (Å²) in [7, 11) is 1.58. The molecular weight excluding hydrogens is 354 g/mol. The van der Waals surface area contributed by atoms with E-state index in [-0.39, 0.29) is 30.9 Å². The molecule has 6 nitrogen and oxygen atoms in total. The quantitative estimate of drug-likeness (QED) is 0.680. The molecule has 2 rings (SSSR count). The molecule has 0 aliphatic heterocycles. The number of amides is 2. The van der Waals surface area contributed by atoms with Crippen molar-refractivity contribution >= 4 is 17.5 Å². The largest absolute Gasteiger partial charge is 0.495 e. The molecule has 1 saturated carbocycles. The minimum atomic E-state index is -0.148. The third-order valence-electron chi connectivity index (χ3n) is 5.71. The summed E-state index contributed by atoms with van der Waals surface area (Å²) in [5.41, 5.74) is 0.640. The Balaban J connectivity index is 1.89. The molecule has 1 aromatic carbocycles. The minimum Gasteiger partial charge on any atom is -0.495 e. The SMILES string of the molecule is CCCN(CC(=O)Nc1ccccc1OC)CC(=O)NC1CCCC(C)C1C. The molecule has 0 saturated heterocycles. The van der Waals surface area contributed by atoms with E-state index < -0.39 is 0 Å². The van der Waals surface area contributed by atoms with Crippen LogP contribution in [0.3, 0.4) is 0 Å². The van der Waals surface area contributed by atoms with Crippen LogP contribution in [0.2, 0.25) is 0 Å². The van der Waals surface area contributed by atoms with Gasteiger partial charge in [-0.15, -0.1) is 0 Å². The van der Waals surface area contributed by atoms with Crippen molar-refractivity contribution in [3.63, 3.8) is 0 Å².